The minimum Gasteiger partial charge on any atom is -0.505 e. The molecule has 3 N–H and O–H groups in total. The van der Waals surface area contributed by atoms with E-state index < -0.39 is 5.97 Å². The molecule has 6 aromatic rings. The van der Waals surface area contributed by atoms with Crippen LogP contribution >= 0.6 is 23.2 Å². The number of nitrogens with zero attached hydrogens (tertiary/aromatic N) is 6. The molecular formula is C39H42Cl2N6O6. The highest BCUT2D eigenvalue weighted by atomic mass is 35.5. The summed E-state index contributed by atoms with van der Waals surface area (Å²) < 4.78 is 4.73. The lowest BCUT2D eigenvalue weighted by Crippen LogP contribution is -2.14. The van der Waals surface area contributed by atoms with Gasteiger partial charge in [0, 0.05) is 34.0 Å². The highest BCUT2D eigenvalue weighted by Gasteiger charge is 2.25. The minimum atomic E-state index is -0.866. The van der Waals surface area contributed by atoms with Gasteiger partial charge in [0.15, 0.2) is 0 Å². The van der Waals surface area contributed by atoms with Gasteiger partial charge in [0.05, 0.1) is 7.11 Å². The number of phenolic OH excluding ortho intramolecular Hbond substituents is 2. The lowest BCUT2D eigenvalue weighted by molar-refractivity contribution is -0.140. The molecule has 53 heavy (non-hydrogen) atoms. The molecular weight excluding hydrogens is 719 g/mol. The van der Waals surface area contributed by atoms with Crippen molar-refractivity contribution in [2.24, 2.45) is 0 Å². The predicted molar refractivity (Wildman–Crippen MR) is 205 cm³/mol. The Morgan fingerprint density at radius 1 is 0.642 bits per heavy atom. The molecule has 0 saturated heterocycles. The van der Waals surface area contributed by atoms with Gasteiger partial charge in [-0.05, 0) is 83.3 Å². The monoisotopic (exact) mass is 760 g/mol. The number of carboxylic acid groups (broad SMARTS) is 1. The van der Waals surface area contributed by atoms with Crippen LogP contribution in [0.15, 0.2) is 60.7 Å². The SMILES string of the molecule is CC(C)(C)c1cc(CCC(=O)O)cc(-n2nc3ccc(Cl)cc3n2)c1O.COC(=O)CCc1cc(-n2nc3ccc(Cl)cc3n2)c(O)c(C(C)(C)C)c1. The predicted octanol–water partition coefficient (Wildman–Crippen LogP) is 8.28. The number of aryl methyl sites for hydroxylation is 2. The van der Waals surface area contributed by atoms with Crippen LogP contribution in [0, 0.1) is 0 Å². The van der Waals surface area contributed by atoms with Gasteiger partial charge in [-0.15, -0.1) is 30.0 Å². The van der Waals surface area contributed by atoms with Gasteiger partial charge in [-0.3, -0.25) is 9.59 Å². The summed E-state index contributed by atoms with van der Waals surface area (Å²) in [5, 5.41) is 49.5. The Kier molecular flexibility index (Phi) is 11.3. The molecule has 278 valence electrons. The Balaban J connectivity index is 0.000000204. The minimum absolute atomic E-state index is 0.0118. The van der Waals surface area contributed by atoms with Crippen molar-refractivity contribution in [3.05, 3.63) is 93.0 Å². The van der Waals surface area contributed by atoms with Gasteiger partial charge < -0.3 is 20.1 Å². The van der Waals surface area contributed by atoms with Crippen molar-refractivity contribution in [2.75, 3.05) is 7.11 Å². The fraction of sp³-hybridized carbons (Fsp3) is 0.333. The molecule has 2 heterocycles. The van der Waals surface area contributed by atoms with Gasteiger partial charge in [0.2, 0.25) is 0 Å². The number of hydrogen-bond acceptors (Lipinski definition) is 9. The summed E-state index contributed by atoms with van der Waals surface area (Å²) in [5.74, 6) is -0.937. The third kappa shape index (κ3) is 9.24. The molecule has 0 radical (unpaired) electrons. The van der Waals surface area contributed by atoms with Crippen LogP contribution in [0.25, 0.3) is 33.4 Å². The van der Waals surface area contributed by atoms with Gasteiger partial charge in [0.25, 0.3) is 0 Å². The van der Waals surface area contributed by atoms with Crippen molar-refractivity contribution in [2.45, 2.75) is 78.1 Å². The first kappa shape index (κ1) is 39.0. The quantitative estimate of drug-likeness (QED) is 0.129. The van der Waals surface area contributed by atoms with Crippen LogP contribution in [0.1, 0.15) is 76.6 Å². The Hall–Kier alpha value is -5.20. The lowest BCUT2D eigenvalue weighted by atomic mass is 9.84. The van der Waals surface area contributed by atoms with Crippen molar-refractivity contribution in [3.63, 3.8) is 0 Å². The van der Waals surface area contributed by atoms with E-state index in [-0.39, 0.29) is 41.1 Å². The number of aromatic hydroxyl groups is 2. The molecule has 0 saturated carbocycles. The van der Waals surface area contributed by atoms with Gasteiger partial charge in [-0.1, -0.05) is 76.9 Å². The average molecular weight is 762 g/mol. The van der Waals surface area contributed by atoms with Crippen molar-refractivity contribution in [3.8, 4) is 22.9 Å². The highest BCUT2D eigenvalue weighted by molar-refractivity contribution is 6.31. The maximum atomic E-state index is 11.5. The van der Waals surface area contributed by atoms with Gasteiger partial charge >= 0.3 is 11.9 Å². The first-order chi connectivity index (χ1) is 24.8. The van der Waals surface area contributed by atoms with E-state index in [0.717, 1.165) is 22.3 Å². The summed E-state index contributed by atoms with van der Waals surface area (Å²) in [6, 6.07) is 17.7. The van der Waals surface area contributed by atoms with E-state index in [2.05, 4.69) is 20.4 Å². The standard InChI is InChI=1S/C20H22ClN3O3.C19H20ClN3O3/c1-20(2,3)14-9-12(5-8-18(25)27-4)10-17(19(14)26)24-22-15-7-6-13(21)11-16(15)23-24;1-19(2,3)13-8-11(4-7-17(24)25)9-16(18(13)26)23-21-14-6-5-12(20)10-15(14)22-23/h6-7,9-11,26H,5,8H2,1-4H3;5-6,8-10,26H,4,7H2,1-3H3,(H,24,25). The Labute approximate surface area is 316 Å². The first-order valence-electron chi connectivity index (χ1n) is 16.9. The number of benzene rings is 4. The molecule has 6 rings (SSSR count). The second-order valence-corrected chi connectivity index (χ2v) is 15.6. The summed E-state index contributed by atoms with van der Waals surface area (Å²) in [6.45, 7) is 12.0. The van der Waals surface area contributed by atoms with E-state index in [1.54, 1.807) is 48.5 Å². The summed E-state index contributed by atoms with van der Waals surface area (Å²) in [4.78, 5) is 25.2. The maximum absolute atomic E-state index is 11.5. The van der Waals surface area contributed by atoms with E-state index in [1.165, 1.54) is 16.7 Å². The molecule has 0 amide bonds. The van der Waals surface area contributed by atoms with Crippen LogP contribution in [0.5, 0.6) is 11.5 Å². The molecule has 0 bridgehead atoms. The van der Waals surface area contributed by atoms with Crippen molar-refractivity contribution < 1.29 is 29.6 Å². The zero-order valence-electron chi connectivity index (χ0n) is 30.6. The third-order valence-electron chi connectivity index (χ3n) is 8.50. The number of methoxy groups -OCH3 is 1. The second-order valence-electron chi connectivity index (χ2n) is 14.7. The van der Waals surface area contributed by atoms with E-state index in [0.29, 0.717) is 56.3 Å². The molecule has 0 unspecified atom stereocenters. The van der Waals surface area contributed by atoms with E-state index in [4.69, 9.17) is 33.0 Å². The summed E-state index contributed by atoms with van der Waals surface area (Å²) in [6.07, 6.45) is 1.13. The first-order valence-corrected chi connectivity index (χ1v) is 17.7. The molecule has 0 spiro atoms. The number of halogens is 2. The number of carbonyl (C=O) groups is 2. The average Bonchev–Trinajstić information content (AvgIpc) is 3.70. The number of carboxylic acids is 1. The van der Waals surface area contributed by atoms with Gasteiger partial charge in [-0.25, -0.2) is 0 Å². The van der Waals surface area contributed by atoms with Crippen LogP contribution in [-0.4, -0.2) is 64.4 Å². The zero-order valence-corrected chi connectivity index (χ0v) is 32.1. The normalized spacial score (nSPS) is 11.8. The number of aromatic nitrogens is 6. The number of ether oxygens (including phenoxy) is 1. The maximum Gasteiger partial charge on any atom is 0.305 e. The molecule has 0 aliphatic carbocycles. The topological polar surface area (TPSA) is 165 Å². The second kappa shape index (κ2) is 15.4. The largest absolute Gasteiger partial charge is 0.505 e. The zero-order chi connectivity index (χ0) is 38.8. The summed E-state index contributed by atoms with van der Waals surface area (Å²) >= 11 is 12.0. The van der Waals surface area contributed by atoms with Gasteiger partial charge in [0.1, 0.15) is 44.9 Å². The Bertz CT molecular complexity index is 2320. The summed E-state index contributed by atoms with van der Waals surface area (Å²) in [7, 11) is 1.37. The number of aliphatic carboxylic acids is 1. The van der Waals surface area contributed by atoms with Crippen LogP contribution in [-0.2, 0) is 38.0 Å². The fourth-order valence-corrected chi connectivity index (χ4v) is 6.02. The molecule has 0 aliphatic heterocycles. The molecule has 12 nitrogen and oxygen atoms in total. The number of fused-ring (bicyclic) bond motifs is 2. The van der Waals surface area contributed by atoms with Crippen LogP contribution in [0.4, 0.5) is 0 Å². The number of carbonyl (C=O) groups excluding carboxylic acids is 1. The van der Waals surface area contributed by atoms with Gasteiger partial charge in [-0.2, -0.15) is 0 Å². The van der Waals surface area contributed by atoms with Crippen LogP contribution in [0.2, 0.25) is 10.0 Å². The molecule has 14 heteroatoms. The third-order valence-corrected chi connectivity index (χ3v) is 8.97. The number of rotatable bonds is 8. The Morgan fingerprint density at radius 3 is 1.42 bits per heavy atom. The Morgan fingerprint density at radius 2 is 1.04 bits per heavy atom. The highest BCUT2D eigenvalue weighted by Crippen LogP contribution is 2.38. The fourth-order valence-electron chi connectivity index (χ4n) is 5.68. The summed E-state index contributed by atoms with van der Waals surface area (Å²) in [5.41, 5.74) is 6.04. The number of hydrogen-bond donors (Lipinski definition) is 3. The molecule has 0 atom stereocenters. The smallest absolute Gasteiger partial charge is 0.305 e. The van der Waals surface area contributed by atoms with Crippen molar-refractivity contribution in [1.29, 1.82) is 0 Å². The van der Waals surface area contributed by atoms with Crippen LogP contribution in [0.3, 0.4) is 0 Å². The molecule has 2 aromatic heterocycles. The van der Waals surface area contributed by atoms with Crippen molar-refractivity contribution >= 4 is 57.2 Å². The van der Waals surface area contributed by atoms with E-state index in [9.17, 15) is 19.8 Å². The molecule has 0 aliphatic rings. The van der Waals surface area contributed by atoms with E-state index in [1.807, 2.05) is 53.7 Å². The number of phenols is 2. The number of esters is 1. The van der Waals surface area contributed by atoms with Crippen LogP contribution < -0.4 is 0 Å². The lowest BCUT2D eigenvalue weighted by Gasteiger charge is -2.23. The van der Waals surface area contributed by atoms with Crippen molar-refractivity contribution in [1.82, 2.24) is 30.0 Å². The molecule has 0 fully saturated rings. The molecule has 4 aromatic carbocycles. The van der Waals surface area contributed by atoms with E-state index >= 15 is 0 Å².